The molecule has 5 rings (SSSR count). The molecular weight excluding hydrogens is 608 g/mol. The molecule has 0 bridgehead atoms. The van der Waals surface area contributed by atoms with Gasteiger partial charge in [-0.1, -0.05) is 25.5 Å². The maximum Gasteiger partial charge on any atom is 0.432 e. The largest absolute Gasteiger partial charge is 0.432 e. The van der Waals surface area contributed by atoms with Gasteiger partial charge in [-0.3, -0.25) is 0 Å². The van der Waals surface area contributed by atoms with E-state index >= 15 is 4.39 Å². The van der Waals surface area contributed by atoms with Gasteiger partial charge >= 0.3 is 6.11 Å². The van der Waals surface area contributed by atoms with E-state index in [1.165, 1.54) is 12.1 Å². The van der Waals surface area contributed by atoms with Crippen LogP contribution >= 0.6 is 0 Å². The molecule has 4 nitrogen and oxygen atoms in total. The molecule has 1 aliphatic carbocycles. The predicted octanol–water partition coefficient (Wildman–Crippen LogP) is 9.62. The predicted molar refractivity (Wildman–Crippen MR) is 149 cm³/mol. The van der Waals surface area contributed by atoms with Crippen LogP contribution in [0.5, 0.6) is 5.75 Å². The van der Waals surface area contributed by atoms with Crippen LogP contribution in [0.1, 0.15) is 62.5 Å². The molecule has 0 N–H and O–H groups in total. The van der Waals surface area contributed by atoms with Crippen LogP contribution in [-0.4, -0.2) is 22.7 Å². The molecule has 4 aromatic rings. The summed E-state index contributed by atoms with van der Waals surface area (Å²) in [6.07, 6.45) is 4.78. The molecule has 1 aromatic heterocycles. The maximum absolute atomic E-state index is 15.1. The molecule has 1 heterocycles. The average Bonchev–Trinajstić information content (AvgIpc) is 2.99. The first-order valence-electron chi connectivity index (χ1n) is 14.4. The van der Waals surface area contributed by atoms with Gasteiger partial charge in [-0.25, -0.2) is 36.3 Å². The molecular formula is C33H28F8N2O2. The number of unbranched alkanes of at least 4 members (excludes halogenated alkanes) is 1. The van der Waals surface area contributed by atoms with Crippen molar-refractivity contribution >= 4 is 0 Å². The third-order valence-electron chi connectivity index (χ3n) is 7.74. The van der Waals surface area contributed by atoms with Crippen molar-refractivity contribution in [1.29, 1.82) is 0 Å². The SMILES string of the molecule is CCCCOC1CCC(c2cnc(-c3ccc(-c4cc(F)c(C(F)(F)Oc5cc(F)c(F)c(F)c5)c(F)c4)c(F)c3)nc2)CC1. The number of rotatable bonds is 10. The number of hydrogen-bond acceptors (Lipinski definition) is 4. The van der Waals surface area contributed by atoms with E-state index in [0.717, 1.165) is 56.8 Å². The van der Waals surface area contributed by atoms with Crippen molar-refractivity contribution < 1.29 is 44.6 Å². The van der Waals surface area contributed by atoms with Crippen molar-refractivity contribution in [3.8, 4) is 28.3 Å². The Labute approximate surface area is 254 Å². The number of ether oxygens (including phenoxy) is 2. The van der Waals surface area contributed by atoms with Gasteiger partial charge in [0.25, 0.3) is 0 Å². The number of nitrogens with zero attached hydrogens (tertiary/aromatic N) is 2. The summed E-state index contributed by atoms with van der Waals surface area (Å²) in [6, 6.07) is 4.81. The summed E-state index contributed by atoms with van der Waals surface area (Å²) in [6.45, 7) is 2.89. The molecule has 0 radical (unpaired) electrons. The lowest BCUT2D eigenvalue weighted by Crippen LogP contribution is -2.25. The number of halogens is 8. The van der Waals surface area contributed by atoms with Crippen LogP contribution in [0.2, 0.25) is 0 Å². The van der Waals surface area contributed by atoms with Crippen LogP contribution in [0.3, 0.4) is 0 Å². The lowest BCUT2D eigenvalue weighted by molar-refractivity contribution is -0.189. The molecule has 0 aliphatic heterocycles. The standard InChI is InChI=1S/C33H28F8N2O2/c1-2-3-10-44-22-7-4-18(5-8-22)21-16-42-32(43-17-21)19-6-9-24(25(34)11-19)20-12-26(35)30(27(36)13-20)33(40,41)45-23-14-28(37)31(39)29(38)15-23/h6,9,11-18,22H,2-5,7-8,10H2,1H3. The van der Waals surface area contributed by atoms with Gasteiger partial charge in [-0.2, -0.15) is 8.78 Å². The molecule has 238 valence electrons. The first-order valence-corrected chi connectivity index (χ1v) is 14.4. The topological polar surface area (TPSA) is 44.2 Å². The van der Waals surface area contributed by atoms with Gasteiger partial charge in [0, 0.05) is 42.3 Å². The zero-order valence-electron chi connectivity index (χ0n) is 24.0. The Bertz CT molecular complexity index is 1610. The second kappa shape index (κ2) is 13.5. The summed E-state index contributed by atoms with van der Waals surface area (Å²) in [7, 11) is 0. The third-order valence-corrected chi connectivity index (χ3v) is 7.74. The van der Waals surface area contributed by atoms with Gasteiger partial charge in [0.15, 0.2) is 23.3 Å². The molecule has 1 aliphatic rings. The van der Waals surface area contributed by atoms with Gasteiger partial charge < -0.3 is 9.47 Å². The van der Waals surface area contributed by atoms with E-state index in [1.54, 1.807) is 12.4 Å². The Morgan fingerprint density at radius 3 is 1.93 bits per heavy atom. The van der Waals surface area contributed by atoms with E-state index in [1.807, 2.05) is 0 Å². The van der Waals surface area contributed by atoms with Gasteiger partial charge in [0.05, 0.1) is 6.10 Å². The minimum Gasteiger partial charge on any atom is -0.429 e. The first kappa shape index (κ1) is 32.3. The van der Waals surface area contributed by atoms with Crippen LogP contribution in [0.4, 0.5) is 35.1 Å². The highest BCUT2D eigenvalue weighted by Crippen LogP contribution is 2.39. The van der Waals surface area contributed by atoms with Gasteiger partial charge in [0.2, 0.25) is 0 Å². The molecule has 45 heavy (non-hydrogen) atoms. The molecule has 0 amide bonds. The zero-order chi connectivity index (χ0) is 32.3. The highest BCUT2D eigenvalue weighted by molar-refractivity contribution is 5.69. The number of hydrogen-bond donors (Lipinski definition) is 0. The monoisotopic (exact) mass is 636 g/mol. The van der Waals surface area contributed by atoms with Crippen molar-refractivity contribution in [2.24, 2.45) is 0 Å². The number of alkyl halides is 2. The summed E-state index contributed by atoms with van der Waals surface area (Å²) >= 11 is 0. The summed E-state index contributed by atoms with van der Waals surface area (Å²) in [4.78, 5) is 8.74. The molecule has 1 saturated carbocycles. The Kier molecular flexibility index (Phi) is 9.71. The van der Waals surface area contributed by atoms with E-state index in [-0.39, 0.29) is 41.1 Å². The highest BCUT2D eigenvalue weighted by atomic mass is 19.3. The Morgan fingerprint density at radius 1 is 0.756 bits per heavy atom. The van der Waals surface area contributed by atoms with Crippen molar-refractivity contribution in [2.45, 2.75) is 63.6 Å². The first-order chi connectivity index (χ1) is 21.5. The molecule has 3 aromatic carbocycles. The van der Waals surface area contributed by atoms with Crippen molar-refractivity contribution in [2.75, 3.05) is 6.61 Å². The molecule has 0 spiro atoms. The highest BCUT2D eigenvalue weighted by Gasteiger charge is 2.41. The van der Waals surface area contributed by atoms with Crippen LogP contribution < -0.4 is 4.74 Å². The van der Waals surface area contributed by atoms with Crippen LogP contribution in [0.15, 0.2) is 54.9 Å². The summed E-state index contributed by atoms with van der Waals surface area (Å²) in [5.41, 5.74) is -1.35. The van der Waals surface area contributed by atoms with E-state index in [0.29, 0.717) is 12.1 Å². The van der Waals surface area contributed by atoms with Gasteiger partial charge in [0.1, 0.15) is 28.8 Å². The summed E-state index contributed by atoms with van der Waals surface area (Å²) < 4.78 is 124. The normalized spacial score (nSPS) is 17.0. The van der Waals surface area contributed by atoms with E-state index in [9.17, 15) is 30.7 Å². The van der Waals surface area contributed by atoms with Crippen LogP contribution in [0, 0.1) is 34.9 Å². The fraction of sp³-hybridized carbons (Fsp3) is 0.333. The number of benzene rings is 3. The Morgan fingerprint density at radius 2 is 1.36 bits per heavy atom. The van der Waals surface area contributed by atoms with E-state index in [4.69, 9.17) is 4.74 Å². The zero-order valence-corrected chi connectivity index (χ0v) is 24.0. The smallest absolute Gasteiger partial charge is 0.429 e. The van der Waals surface area contributed by atoms with Crippen LogP contribution in [-0.2, 0) is 10.8 Å². The molecule has 1 fully saturated rings. The second-order valence-corrected chi connectivity index (χ2v) is 10.9. The molecule has 0 atom stereocenters. The quantitative estimate of drug-likeness (QED) is 0.0988. The Balaban J connectivity index is 1.30. The van der Waals surface area contributed by atoms with E-state index in [2.05, 4.69) is 21.6 Å². The average molecular weight is 637 g/mol. The minimum absolute atomic E-state index is 0.0978. The Hall–Kier alpha value is -4.06. The van der Waals surface area contributed by atoms with Crippen LogP contribution in [0.25, 0.3) is 22.5 Å². The summed E-state index contributed by atoms with van der Waals surface area (Å²) in [5, 5.41) is 0. The molecule has 0 unspecified atom stereocenters. The summed E-state index contributed by atoms with van der Waals surface area (Å²) in [5.74, 6) is -10.9. The molecule has 12 heteroatoms. The van der Waals surface area contributed by atoms with Gasteiger partial charge in [-0.15, -0.1) is 0 Å². The molecule has 0 saturated heterocycles. The maximum atomic E-state index is 15.1. The number of aromatic nitrogens is 2. The fourth-order valence-corrected chi connectivity index (χ4v) is 5.34. The lowest BCUT2D eigenvalue weighted by atomic mass is 9.84. The lowest BCUT2D eigenvalue weighted by Gasteiger charge is -2.28. The van der Waals surface area contributed by atoms with Crippen molar-refractivity contribution in [3.63, 3.8) is 0 Å². The van der Waals surface area contributed by atoms with Gasteiger partial charge in [-0.05, 0) is 67.3 Å². The second-order valence-electron chi connectivity index (χ2n) is 10.9. The fourth-order valence-electron chi connectivity index (χ4n) is 5.34. The third kappa shape index (κ3) is 7.27. The van der Waals surface area contributed by atoms with Crippen molar-refractivity contribution in [3.05, 3.63) is 101 Å². The minimum atomic E-state index is -4.77. The van der Waals surface area contributed by atoms with E-state index < -0.39 is 57.9 Å². The van der Waals surface area contributed by atoms with Crippen molar-refractivity contribution in [1.82, 2.24) is 9.97 Å².